The van der Waals surface area contributed by atoms with E-state index in [2.05, 4.69) is 15.6 Å². The van der Waals surface area contributed by atoms with Crippen LogP contribution in [0, 0.1) is 11.3 Å². The Labute approximate surface area is 312 Å². The molecule has 292 valence electrons. The Hall–Kier alpha value is -3.99. The number of carbonyl (C=O) groups is 4. The lowest BCUT2D eigenvalue weighted by molar-refractivity contribution is -0.143. The summed E-state index contributed by atoms with van der Waals surface area (Å²) in [6.07, 6.45) is -3.58. The standard InChI is InChI=1S/C35H46ClF2N5O9S/c1-33(2,3)27(40-32(47)52-34(4,5)6)30(45)43-17-20(51-29-23-13-19(36)8-11-22(23)25(50-7)16-39-29)14-24(43)28(44)41-35(15-18(35)12-26(37)38)31(46)42-53(48,49)21-9-10-21/h8,11,13,16,18,20-21,24,26-27H,9-10,12,14-15,17H2,1-7H3,(H,40,47)(H,41,44)(H,42,46)/t18-,20-,24+,27-,35+/m1/s1. The molecule has 3 aliphatic rings. The number of nitrogens with one attached hydrogen (secondary N) is 3. The van der Waals surface area contributed by atoms with E-state index in [1.54, 1.807) is 59.7 Å². The number of rotatable bonds is 12. The molecule has 4 amide bonds. The summed E-state index contributed by atoms with van der Waals surface area (Å²) in [5.74, 6) is -3.17. The number of fused-ring (bicyclic) bond motifs is 1. The first kappa shape index (κ1) is 40.2. The smallest absolute Gasteiger partial charge is 0.408 e. The summed E-state index contributed by atoms with van der Waals surface area (Å²) in [7, 11) is -2.60. The van der Waals surface area contributed by atoms with Gasteiger partial charge in [-0.1, -0.05) is 32.4 Å². The Bertz CT molecular complexity index is 1880. The third kappa shape index (κ3) is 9.22. The Kier molecular flexibility index (Phi) is 11.1. The number of pyridine rings is 1. The van der Waals surface area contributed by atoms with Crippen LogP contribution in [0.1, 0.15) is 73.6 Å². The van der Waals surface area contributed by atoms with E-state index in [1.165, 1.54) is 18.2 Å². The van der Waals surface area contributed by atoms with Gasteiger partial charge in [0.25, 0.3) is 5.91 Å². The van der Waals surface area contributed by atoms with E-state index in [4.69, 9.17) is 25.8 Å². The SMILES string of the molecule is COc1cnc(O[C@@H]2C[C@@H](C(=O)N[C@@]3(C(=O)NS(=O)(=O)C4CC4)C[C@H]3CC(F)F)N(C(=O)[C@@H](NC(=O)OC(C)(C)C)C(C)(C)C)C2)c2cc(Cl)ccc12. The minimum Gasteiger partial charge on any atom is -0.494 e. The first-order valence-corrected chi connectivity index (χ1v) is 19.2. The highest BCUT2D eigenvalue weighted by atomic mass is 35.5. The summed E-state index contributed by atoms with van der Waals surface area (Å²) in [5, 5.41) is 5.90. The van der Waals surface area contributed by atoms with Crippen LogP contribution in [0.4, 0.5) is 13.6 Å². The predicted molar refractivity (Wildman–Crippen MR) is 190 cm³/mol. The minimum absolute atomic E-state index is 0.126. The van der Waals surface area contributed by atoms with Crippen LogP contribution in [-0.4, -0.2) is 96.8 Å². The molecule has 53 heavy (non-hydrogen) atoms. The highest BCUT2D eigenvalue weighted by molar-refractivity contribution is 7.91. The number of amides is 4. The second-order valence-electron chi connectivity index (χ2n) is 15.9. The fourth-order valence-corrected chi connectivity index (χ4v) is 8.03. The maximum absolute atomic E-state index is 14.5. The summed E-state index contributed by atoms with van der Waals surface area (Å²) >= 11 is 6.30. The van der Waals surface area contributed by atoms with Crippen LogP contribution in [0.5, 0.6) is 11.6 Å². The molecule has 2 aliphatic carbocycles. The van der Waals surface area contributed by atoms with Gasteiger partial charge < -0.3 is 29.7 Å². The number of likely N-dealkylation sites (tertiary alicyclic amines) is 1. The van der Waals surface area contributed by atoms with Crippen LogP contribution < -0.4 is 24.8 Å². The highest BCUT2D eigenvalue weighted by Gasteiger charge is 2.63. The van der Waals surface area contributed by atoms with Gasteiger partial charge in [-0.2, -0.15) is 0 Å². The lowest BCUT2D eigenvalue weighted by atomic mass is 9.85. The molecule has 1 aliphatic heterocycles. The Morgan fingerprint density at radius 1 is 1.09 bits per heavy atom. The van der Waals surface area contributed by atoms with E-state index in [1.807, 2.05) is 4.72 Å². The number of ether oxygens (including phenoxy) is 3. The molecule has 2 saturated carbocycles. The van der Waals surface area contributed by atoms with Gasteiger partial charge in [0.15, 0.2) is 0 Å². The fourth-order valence-electron chi connectivity index (χ4n) is 6.50. The van der Waals surface area contributed by atoms with Crippen molar-refractivity contribution in [1.82, 2.24) is 25.2 Å². The lowest BCUT2D eigenvalue weighted by Gasteiger charge is -2.36. The quantitative estimate of drug-likeness (QED) is 0.280. The molecular formula is C35H46ClF2N5O9S. The van der Waals surface area contributed by atoms with E-state index in [0.717, 1.165) is 0 Å². The van der Waals surface area contributed by atoms with E-state index < -0.39 is 92.6 Å². The molecule has 18 heteroatoms. The molecule has 2 aromatic rings. The fraction of sp³-hybridized carbons (Fsp3) is 0.629. The number of sulfonamides is 1. The van der Waals surface area contributed by atoms with Crippen LogP contribution in [0.25, 0.3) is 10.8 Å². The van der Waals surface area contributed by atoms with Crippen molar-refractivity contribution in [2.45, 2.75) is 115 Å². The van der Waals surface area contributed by atoms with Gasteiger partial charge in [-0.15, -0.1) is 0 Å². The summed E-state index contributed by atoms with van der Waals surface area (Å²) < 4.78 is 71.6. The van der Waals surface area contributed by atoms with Crippen molar-refractivity contribution in [2.75, 3.05) is 13.7 Å². The van der Waals surface area contributed by atoms with Gasteiger partial charge in [0.2, 0.25) is 34.1 Å². The molecule has 0 unspecified atom stereocenters. The molecule has 5 rings (SSSR count). The Morgan fingerprint density at radius 2 is 1.77 bits per heavy atom. The zero-order chi connectivity index (χ0) is 39.3. The average molecular weight is 786 g/mol. The van der Waals surface area contributed by atoms with E-state index in [9.17, 15) is 36.4 Å². The molecule has 0 bridgehead atoms. The molecule has 3 fully saturated rings. The van der Waals surface area contributed by atoms with Gasteiger partial charge in [0.1, 0.15) is 35.1 Å². The monoisotopic (exact) mass is 785 g/mol. The number of halogens is 3. The summed E-state index contributed by atoms with van der Waals surface area (Å²) in [6, 6.07) is 2.44. The number of alkyl carbamates (subject to hydrolysis) is 1. The molecule has 5 atom stereocenters. The predicted octanol–water partition coefficient (Wildman–Crippen LogP) is 4.32. The molecule has 1 aromatic carbocycles. The molecular weight excluding hydrogens is 740 g/mol. The number of hydrogen-bond donors (Lipinski definition) is 3. The molecule has 1 aromatic heterocycles. The van der Waals surface area contributed by atoms with Gasteiger partial charge >= 0.3 is 6.09 Å². The molecule has 14 nitrogen and oxygen atoms in total. The summed E-state index contributed by atoms with van der Waals surface area (Å²) in [6.45, 7) is 9.92. The molecule has 0 radical (unpaired) electrons. The van der Waals surface area contributed by atoms with Crippen LogP contribution in [0.15, 0.2) is 24.4 Å². The van der Waals surface area contributed by atoms with Crippen LogP contribution >= 0.6 is 11.6 Å². The van der Waals surface area contributed by atoms with Crippen molar-refractivity contribution >= 4 is 56.2 Å². The van der Waals surface area contributed by atoms with Gasteiger partial charge in [-0.25, -0.2) is 27.0 Å². The number of aromatic nitrogens is 1. The lowest BCUT2D eigenvalue weighted by Crippen LogP contribution is -2.60. The first-order chi connectivity index (χ1) is 24.5. The maximum Gasteiger partial charge on any atom is 0.408 e. The van der Waals surface area contributed by atoms with Crippen molar-refractivity contribution in [1.29, 1.82) is 0 Å². The number of methoxy groups -OCH3 is 1. The largest absolute Gasteiger partial charge is 0.494 e. The number of alkyl halides is 2. The van der Waals surface area contributed by atoms with Gasteiger partial charge in [-0.3, -0.25) is 19.1 Å². The first-order valence-electron chi connectivity index (χ1n) is 17.3. The molecule has 1 saturated heterocycles. The Morgan fingerprint density at radius 3 is 2.36 bits per heavy atom. The average Bonchev–Trinajstić information content (AvgIpc) is 3.95. The zero-order valence-corrected chi connectivity index (χ0v) is 32.2. The van der Waals surface area contributed by atoms with Crippen molar-refractivity contribution in [2.24, 2.45) is 11.3 Å². The second kappa shape index (κ2) is 14.7. The maximum atomic E-state index is 14.5. The van der Waals surface area contributed by atoms with Crippen molar-refractivity contribution in [3.05, 3.63) is 29.4 Å². The van der Waals surface area contributed by atoms with Crippen LogP contribution in [-0.2, 0) is 29.1 Å². The van der Waals surface area contributed by atoms with Crippen molar-refractivity contribution in [3.63, 3.8) is 0 Å². The highest BCUT2D eigenvalue weighted by Crippen LogP contribution is 2.48. The van der Waals surface area contributed by atoms with E-state index in [-0.39, 0.29) is 25.3 Å². The van der Waals surface area contributed by atoms with Crippen molar-refractivity contribution in [3.8, 4) is 11.6 Å². The Balaban J connectivity index is 1.48. The van der Waals surface area contributed by atoms with Gasteiger partial charge in [0, 0.05) is 28.6 Å². The summed E-state index contributed by atoms with van der Waals surface area (Å²) in [5.41, 5.74) is -3.75. The van der Waals surface area contributed by atoms with Crippen molar-refractivity contribution < 1.29 is 50.6 Å². The number of nitrogens with zero attached hydrogens (tertiary/aromatic N) is 2. The number of hydrogen-bond acceptors (Lipinski definition) is 10. The number of carbonyl (C=O) groups excluding carboxylic acids is 4. The third-order valence-corrected chi connectivity index (χ3v) is 11.5. The zero-order valence-electron chi connectivity index (χ0n) is 30.6. The minimum atomic E-state index is -4.08. The topological polar surface area (TPSA) is 182 Å². The summed E-state index contributed by atoms with van der Waals surface area (Å²) in [4.78, 5) is 60.7. The van der Waals surface area contributed by atoms with Gasteiger partial charge in [-0.05, 0) is 69.6 Å². The third-order valence-electron chi connectivity index (χ3n) is 9.41. The van der Waals surface area contributed by atoms with E-state index >= 15 is 0 Å². The van der Waals surface area contributed by atoms with E-state index in [0.29, 0.717) is 34.4 Å². The molecule has 2 heterocycles. The number of benzene rings is 1. The molecule has 0 spiro atoms. The van der Waals surface area contributed by atoms with Crippen LogP contribution in [0.2, 0.25) is 5.02 Å². The van der Waals surface area contributed by atoms with Gasteiger partial charge in [0.05, 0.1) is 25.1 Å². The normalized spacial score (nSPS) is 23.7. The van der Waals surface area contributed by atoms with Crippen LogP contribution in [0.3, 0.4) is 0 Å². The second-order valence-corrected chi connectivity index (χ2v) is 18.3. The molecule has 3 N–H and O–H groups in total.